The van der Waals surface area contributed by atoms with Crippen LogP contribution in [0.5, 0.6) is 0 Å². The Kier molecular flexibility index (Phi) is 4.62. The molecule has 2 amide bonds. The zero-order valence-corrected chi connectivity index (χ0v) is 15.4. The van der Waals surface area contributed by atoms with Gasteiger partial charge in [0.2, 0.25) is 11.8 Å². The molecule has 0 radical (unpaired) electrons. The van der Waals surface area contributed by atoms with Crippen LogP contribution >= 0.6 is 0 Å². The lowest BCUT2D eigenvalue weighted by Gasteiger charge is -2.07. The summed E-state index contributed by atoms with van der Waals surface area (Å²) in [5.41, 5.74) is 9.15. The number of aromatic amines is 1. The Hall–Kier alpha value is -4.27. The molecule has 0 fully saturated rings. The van der Waals surface area contributed by atoms with Crippen molar-refractivity contribution < 1.29 is 9.59 Å². The van der Waals surface area contributed by atoms with E-state index in [0.29, 0.717) is 34.1 Å². The Morgan fingerprint density at radius 3 is 2.31 bits per heavy atom. The van der Waals surface area contributed by atoms with E-state index in [2.05, 4.69) is 30.6 Å². The Morgan fingerprint density at radius 1 is 0.966 bits per heavy atom. The summed E-state index contributed by atoms with van der Waals surface area (Å²) in [6, 6.07) is 14.1. The molecule has 0 aliphatic carbocycles. The number of imidazole rings is 1. The molecule has 2 aromatic heterocycles. The number of nitrogens with one attached hydrogen (secondary N) is 3. The minimum atomic E-state index is -0.483. The van der Waals surface area contributed by atoms with E-state index < -0.39 is 5.91 Å². The number of nitrogens with two attached hydrogens (primary N) is 1. The molecule has 0 unspecified atom stereocenters. The van der Waals surface area contributed by atoms with Crippen LogP contribution < -0.4 is 16.4 Å². The summed E-state index contributed by atoms with van der Waals surface area (Å²) in [7, 11) is 0. The van der Waals surface area contributed by atoms with Crippen LogP contribution in [0.1, 0.15) is 17.3 Å². The van der Waals surface area contributed by atoms with E-state index in [1.54, 1.807) is 36.4 Å². The summed E-state index contributed by atoms with van der Waals surface area (Å²) in [6.07, 6.45) is 1.43. The van der Waals surface area contributed by atoms with Crippen molar-refractivity contribution in [2.45, 2.75) is 6.92 Å². The van der Waals surface area contributed by atoms with Crippen molar-refractivity contribution in [2.24, 2.45) is 5.73 Å². The maximum absolute atomic E-state index is 11.2. The van der Waals surface area contributed by atoms with Crippen LogP contribution in [0.15, 0.2) is 54.9 Å². The number of hydrogen-bond donors (Lipinski definition) is 4. The van der Waals surface area contributed by atoms with E-state index in [4.69, 9.17) is 5.73 Å². The standard InChI is InChI=1S/C20H17N7O2/c1-11(28)24-14-6-8-15(9-7-14)25-19-16-20(23-10-22-19)27-18(26-16)13-4-2-12(3-5-13)17(21)29/h2-10H,1H3,(H2,21,29)(H,24,28)(H2,22,23,25,26,27). The molecule has 9 heteroatoms. The number of hydrogen-bond acceptors (Lipinski definition) is 6. The highest BCUT2D eigenvalue weighted by atomic mass is 16.1. The van der Waals surface area contributed by atoms with Gasteiger partial charge in [0.25, 0.3) is 0 Å². The Labute approximate surface area is 165 Å². The molecule has 4 aromatic rings. The van der Waals surface area contributed by atoms with Crippen LogP contribution in [0.3, 0.4) is 0 Å². The highest BCUT2D eigenvalue weighted by molar-refractivity contribution is 5.93. The maximum Gasteiger partial charge on any atom is 0.248 e. The van der Waals surface area contributed by atoms with Gasteiger partial charge in [0.05, 0.1) is 0 Å². The fourth-order valence-electron chi connectivity index (χ4n) is 2.83. The molecule has 0 atom stereocenters. The number of benzene rings is 2. The fraction of sp³-hybridized carbons (Fsp3) is 0.0500. The molecular weight excluding hydrogens is 370 g/mol. The number of anilines is 3. The normalized spacial score (nSPS) is 10.7. The molecule has 2 aromatic carbocycles. The van der Waals surface area contributed by atoms with Gasteiger partial charge in [0.1, 0.15) is 17.7 Å². The van der Waals surface area contributed by atoms with Crippen molar-refractivity contribution in [1.82, 2.24) is 19.9 Å². The van der Waals surface area contributed by atoms with Crippen LogP contribution in [0.4, 0.5) is 17.2 Å². The third-order valence-corrected chi connectivity index (χ3v) is 4.20. The highest BCUT2D eigenvalue weighted by Gasteiger charge is 2.12. The summed E-state index contributed by atoms with van der Waals surface area (Å²) in [6.45, 7) is 1.46. The zero-order chi connectivity index (χ0) is 20.4. The first-order chi connectivity index (χ1) is 14.0. The van der Waals surface area contributed by atoms with E-state index in [9.17, 15) is 9.59 Å². The van der Waals surface area contributed by atoms with Crippen molar-refractivity contribution in [3.63, 3.8) is 0 Å². The fourth-order valence-corrected chi connectivity index (χ4v) is 2.83. The minimum absolute atomic E-state index is 0.128. The maximum atomic E-state index is 11.2. The highest BCUT2D eigenvalue weighted by Crippen LogP contribution is 2.26. The summed E-state index contributed by atoms with van der Waals surface area (Å²) < 4.78 is 0. The summed E-state index contributed by atoms with van der Waals surface area (Å²) in [5, 5.41) is 5.94. The smallest absolute Gasteiger partial charge is 0.248 e. The molecule has 9 nitrogen and oxygen atoms in total. The molecule has 144 valence electrons. The van der Waals surface area contributed by atoms with Gasteiger partial charge < -0.3 is 21.4 Å². The monoisotopic (exact) mass is 387 g/mol. The van der Waals surface area contributed by atoms with Crippen molar-refractivity contribution in [2.75, 3.05) is 10.6 Å². The summed E-state index contributed by atoms with van der Waals surface area (Å²) in [4.78, 5) is 38.6. The van der Waals surface area contributed by atoms with Crippen LogP contribution in [-0.2, 0) is 4.79 Å². The van der Waals surface area contributed by atoms with E-state index in [1.807, 2.05) is 12.1 Å². The van der Waals surface area contributed by atoms with Crippen LogP contribution in [-0.4, -0.2) is 31.8 Å². The third-order valence-electron chi connectivity index (χ3n) is 4.20. The number of primary amides is 1. The number of carbonyl (C=O) groups is 2. The van der Waals surface area contributed by atoms with Crippen molar-refractivity contribution >= 4 is 40.2 Å². The van der Waals surface area contributed by atoms with Gasteiger partial charge >= 0.3 is 0 Å². The molecule has 5 N–H and O–H groups in total. The van der Waals surface area contributed by atoms with Crippen molar-refractivity contribution in [1.29, 1.82) is 0 Å². The first kappa shape index (κ1) is 18.1. The second-order valence-corrected chi connectivity index (χ2v) is 6.33. The number of rotatable bonds is 5. The molecule has 0 saturated carbocycles. The molecule has 2 heterocycles. The zero-order valence-electron chi connectivity index (χ0n) is 15.4. The summed E-state index contributed by atoms with van der Waals surface area (Å²) >= 11 is 0. The first-order valence-corrected chi connectivity index (χ1v) is 8.75. The number of nitrogens with zero attached hydrogens (tertiary/aromatic N) is 3. The van der Waals surface area contributed by atoms with Crippen LogP contribution in [0.2, 0.25) is 0 Å². The van der Waals surface area contributed by atoms with E-state index in [-0.39, 0.29) is 5.91 Å². The Balaban J connectivity index is 1.62. The second-order valence-electron chi connectivity index (χ2n) is 6.33. The van der Waals surface area contributed by atoms with Gasteiger partial charge in [-0.05, 0) is 36.4 Å². The topological polar surface area (TPSA) is 139 Å². The molecule has 29 heavy (non-hydrogen) atoms. The lowest BCUT2D eigenvalue weighted by atomic mass is 10.1. The predicted molar refractivity (Wildman–Crippen MR) is 110 cm³/mol. The molecular formula is C20H17N7O2. The number of aromatic nitrogens is 4. The first-order valence-electron chi connectivity index (χ1n) is 8.75. The van der Waals surface area contributed by atoms with Crippen LogP contribution in [0, 0.1) is 0 Å². The molecule has 0 saturated heterocycles. The van der Waals surface area contributed by atoms with Gasteiger partial charge in [-0.2, -0.15) is 0 Å². The Morgan fingerprint density at radius 2 is 1.66 bits per heavy atom. The number of fused-ring (bicyclic) bond motifs is 1. The van der Waals surface area contributed by atoms with E-state index >= 15 is 0 Å². The molecule has 0 aliphatic heterocycles. The van der Waals surface area contributed by atoms with Crippen molar-refractivity contribution in [3.05, 3.63) is 60.4 Å². The largest absolute Gasteiger partial charge is 0.366 e. The lowest BCUT2D eigenvalue weighted by Crippen LogP contribution is -2.10. The van der Waals surface area contributed by atoms with Gasteiger partial charge in [-0.25, -0.2) is 15.0 Å². The van der Waals surface area contributed by atoms with Crippen molar-refractivity contribution in [3.8, 4) is 11.4 Å². The number of amides is 2. The SMILES string of the molecule is CC(=O)Nc1ccc(Nc2ncnc3nc(-c4ccc(C(N)=O)cc4)[nH]c23)cc1. The van der Waals surface area contributed by atoms with Gasteiger partial charge in [-0.1, -0.05) is 12.1 Å². The van der Waals surface area contributed by atoms with E-state index in [1.165, 1.54) is 13.3 Å². The third kappa shape index (κ3) is 3.88. The molecule has 0 spiro atoms. The minimum Gasteiger partial charge on any atom is -0.366 e. The van der Waals surface area contributed by atoms with Gasteiger partial charge in [0, 0.05) is 29.4 Å². The number of H-pyrrole nitrogens is 1. The molecule has 0 aliphatic rings. The quantitative estimate of drug-likeness (QED) is 0.415. The summed E-state index contributed by atoms with van der Waals surface area (Å²) in [5.74, 6) is 0.551. The Bertz CT molecular complexity index is 1200. The lowest BCUT2D eigenvalue weighted by molar-refractivity contribution is -0.114. The van der Waals surface area contributed by atoms with Gasteiger partial charge in [0.15, 0.2) is 11.5 Å². The predicted octanol–water partition coefficient (Wildman–Crippen LogP) is 2.82. The average Bonchev–Trinajstić information content (AvgIpc) is 3.14. The van der Waals surface area contributed by atoms with Crippen LogP contribution in [0.25, 0.3) is 22.6 Å². The van der Waals surface area contributed by atoms with E-state index in [0.717, 1.165) is 11.3 Å². The molecule has 0 bridgehead atoms. The molecule has 4 rings (SSSR count). The average molecular weight is 387 g/mol. The van der Waals surface area contributed by atoms with Gasteiger partial charge in [-0.15, -0.1) is 0 Å². The van der Waals surface area contributed by atoms with Gasteiger partial charge in [-0.3, -0.25) is 9.59 Å². The number of carbonyl (C=O) groups excluding carboxylic acids is 2. The second kappa shape index (κ2) is 7.39.